The summed E-state index contributed by atoms with van der Waals surface area (Å²) in [4.78, 5) is 2.23. The molecular weight excluding hydrogens is 386 g/mol. The summed E-state index contributed by atoms with van der Waals surface area (Å²) in [5, 5.41) is 31.0. The first-order valence-corrected chi connectivity index (χ1v) is 10.5. The zero-order valence-electron chi connectivity index (χ0n) is 16.8. The highest BCUT2D eigenvalue weighted by atomic mass is 16.6. The fraction of sp³-hybridized carbons (Fsp3) is 0.478. The largest absolute Gasteiger partial charge is 0.508 e. The molecule has 1 fully saturated rings. The molecule has 0 saturated carbocycles. The van der Waals surface area contributed by atoms with Crippen LogP contribution in [0.25, 0.3) is 0 Å². The lowest BCUT2D eigenvalue weighted by Gasteiger charge is -2.46. The molecule has 0 aromatic heterocycles. The van der Waals surface area contributed by atoms with Crippen LogP contribution in [-0.2, 0) is 0 Å². The van der Waals surface area contributed by atoms with E-state index in [1.165, 1.54) is 0 Å². The second kappa shape index (κ2) is 7.65. The van der Waals surface area contributed by atoms with E-state index in [1.807, 2.05) is 18.2 Å². The van der Waals surface area contributed by atoms with Gasteiger partial charge in [-0.15, -0.1) is 0 Å². The Bertz CT molecular complexity index is 924. The maximum atomic E-state index is 10.7. The van der Waals surface area contributed by atoms with Crippen LogP contribution in [0.1, 0.15) is 42.6 Å². The van der Waals surface area contributed by atoms with Gasteiger partial charge in [-0.05, 0) is 48.7 Å². The van der Waals surface area contributed by atoms with E-state index >= 15 is 0 Å². The van der Waals surface area contributed by atoms with Gasteiger partial charge in [0.25, 0.3) is 0 Å². The summed E-state index contributed by atoms with van der Waals surface area (Å²) >= 11 is 0. The van der Waals surface area contributed by atoms with Crippen molar-refractivity contribution in [1.82, 2.24) is 4.90 Å². The van der Waals surface area contributed by atoms with Crippen LogP contribution in [0.15, 0.2) is 36.4 Å². The molecule has 0 bridgehead atoms. The Morgan fingerprint density at radius 1 is 1.00 bits per heavy atom. The number of aliphatic hydroxyl groups excluding tert-OH is 2. The Kier molecular flexibility index (Phi) is 4.97. The lowest BCUT2D eigenvalue weighted by Crippen LogP contribution is -2.51. The van der Waals surface area contributed by atoms with Gasteiger partial charge in [-0.1, -0.05) is 6.07 Å². The van der Waals surface area contributed by atoms with Crippen molar-refractivity contribution in [3.05, 3.63) is 47.5 Å². The van der Waals surface area contributed by atoms with Crippen molar-refractivity contribution < 1.29 is 29.5 Å². The van der Waals surface area contributed by atoms with Crippen LogP contribution >= 0.6 is 0 Å². The van der Waals surface area contributed by atoms with Gasteiger partial charge in [-0.3, -0.25) is 0 Å². The standard InChI is InChI=1S/C23H27NO6/c25-16-2-4-20-17(12-16)18(26)13-23(30-20)5-7-24(8-6-23)14-19(27)15-1-3-21-22(11-15)29-10-9-28-21/h1-4,11-12,18-19,25-27H,5-10,13-14H2/t18-,19+/m0/s1. The van der Waals surface area contributed by atoms with Crippen LogP contribution in [0.5, 0.6) is 23.0 Å². The topological polar surface area (TPSA) is 91.6 Å². The van der Waals surface area contributed by atoms with Crippen LogP contribution in [-0.4, -0.2) is 58.7 Å². The number of β-amino-alcohol motifs (C(OH)–C–C–N with tert-alkyl or cyclic N) is 1. The molecule has 3 aliphatic heterocycles. The third-order valence-corrected chi connectivity index (χ3v) is 6.39. The number of aromatic hydroxyl groups is 1. The summed E-state index contributed by atoms with van der Waals surface area (Å²) in [5.41, 5.74) is 1.07. The van der Waals surface area contributed by atoms with Gasteiger partial charge in [-0.2, -0.15) is 0 Å². The smallest absolute Gasteiger partial charge is 0.161 e. The van der Waals surface area contributed by atoms with E-state index < -0.39 is 17.8 Å². The Labute approximate surface area is 175 Å². The van der Waals surface area contributed by atoms with Crippen molar-refractivity contribution >= 4 is 0 Å². The third-order valence-electron chi connectivity index (χ3n) is 6.39. The number of rotatable bonds is 3. The SMILES string of the molecule is Oc1ccc2c(c1)[C@@H](O)CC1(CCN(C[C@@H](O)c3ccc4c(c3)OCCO4)CC1)O2. The van der Waals surface area contributed by atoms with Crippen molar-refractivity contribution in [2.75, 3.05) is 32.8 Å². The Morgan fingerprint density at radius 3 is 2.53 bits per heavy atom. The van der Waals surface area contributed by atoms with E-state index in [1.54, 1.807) is 18.2 Å². The minimum Gasteiger partial charge on any atom is -0.508 e. The van der Waals surface area contributed by atoms with E-state index in [9.17, 15) is 15.3 Å². The Balaban J connectivity index is 1.22. The van der Waals surface area contributed by atoms with Crippen molar-refractivity contribution in [2.45, 2.75) is 37.1 Å². The first kappa shape index (κ1) is 19.5. The molecule has 3 heterocycles. The molecule has 7 nitrogen and oxygen atoms in total. The fourth-order valence-electron chi connectivity index (χ4n) is 4.69. The second-order valence-electron chi connectivity index (χ2n) is 8.45. The van der Waals surface area contributed by atoms with E-state index in [-0.39, 0.29) is 5.75 Å². The molecule has 3 N–H and O–H groups in total. The summed E-state index contributed by atoms with van der Waals surface area (Å²) in [6.45, 7) is 3.16. The number of aliphatic hydroxyl groups is 2. The van der Waals surface area contributed by atoms with Crippen molar-refractivity contribution in [3.8, 4) is 23.0 Å². The number of fused-ring (bicyclic) bond motifs is 2. The zero-order valence-corrected chi connectivity index (χ0v) is 16.8. The molecule has 160 valence electrons. The highest BCUT2D eigenvalue weighted by molar-refractivity contribution is 5.45. The first-order chi connectivity index (χ1) is 14.5. The monoisotopic (exact) mass is 413 g/mol. The molecule has 5 rings (SSSR count). The van der Waals surface area contributed by atoms with Crippen LogP contribution in [0.2, 0.25) is 0 Å². The Morgan fingerprint density at radius 2 is 1.73 bits per heavy atom. The number of benzene rings is 2. The molecule has 0 unspecified atom stereocenters. The van der Waals surface area contributed by atoms with E-state index in [0.29, 0.717) is 43.2 Å². The molecular formula is C23H27NO6. The molecule has 0 aliphatic carbocycles. The van der Waals surface area contributed by atoms with Gasteiger partial charge in [-0.25, -0.2) is 0 Å². The van der Waals surface area contributed by atoms with Crippen molar-refractivity contribution in [1.29, 1.82) is 0 Å². The van der Waals surface area contributed by atoms with E-state index in [2.05, 4.69) is 4.90 Å². The molecule has 2 aromatic rings. The molecule has 3 aliphatic rings. The molecule has 1 spiro atoms. The van der Waals surface area contributed by atoms with Gasteiger partial charge in [0.2, 0.25) is 0 Å². The number of ether oxygens (including phenoxy) is 3. The molecule has 2 atom stereocenters. The molecule has 1 saturated heterocycles. The fourth-order valence-corrected chi connectivity index (χ4v) is 4.69. The number of likely N-dealkylation sites (tertiary alicyclic amines) is 1. The summed E-state index contributed by atoms with van der Waals surface area (Å²) in [5.74, 6) is 2.19. The van der Waals surface area contributed by atoms with Crippen LogP contribution in [0.3, 0.4) is 0 Å². The molecule has 7 heteroatoms. The third kappa shape index (κ3) is 3.69. The minimum atomic E-state index is -0.643. The van der Waals surface area contributed by atoms with E-state index in [4.69, 9.17) is 14.2 Å². The van der Waals surface area contributed by atoms with Crippen LogP contribution in [0, 0.1) is 0 Å². The van der Waals surface area contributed by atoms with Gasteiger partial charge < -0.3 is 34.4 Å². The number of phenolic OH excluding ortho intramolecular Hbond substituents is 1. The number of nitrogens with zero attached hydrogens (tertiary/aromatic N) is 1. The maximum Gasteiger partial charge on any atom is 0.161 e. The van der Waals surface area contributed by atoms with Gasteiger partial charge in [0.05, 0.1) is 12.2 Å². The van der Waals surface area contributed by atoms with Gasteiger partial charge in [0.1, 0.15) is 30.3 Å². The average molecular weight is 413 g/mol. The summed E-state index contributed by atoms with van der Waals surface area (Å²) in [7, 11) is 0. The minimum absolute atomic E-state index is 0.135. The van der Waals surface area contributed by atoms with Crippen molar-refractivity contribution in [3.63, 3.8) is 0 Å². The number of piperidine rings is 1. The van der Waals surface area contributed by atoms with Crippen LogP contribution < -0.4 is 14.2 Å². The lowest BCUT2D eigenvalue weighted by atomic mass is 9.81. The highest BCUT2D eigenvalue weighted by Gasteiger charge is 2.43. The maximum absolute atomic E-state index is 10.7. The van der Waals surface area contributed by atoms with Crippen LogP contribution in [0.4, 0.5) is 0 Å². The predicted molar refractivity (Wildman–Crippen MR) is 109 cm³/mol. The van der Waals surface area contributed by atoms with Gasteiger partial charge in [0, 0.05) is 31.6 Å². The first-order valence-electron chi connectivity index (χ1n) is 10.5. The Hall–Kier alpha value is -2.48. The summed E-state index contributed by atoms with van der Waals surface area (Å²) in [6.07, 6.45) is 0.811. The summed E-state index contributed by atoms with van der Waals surface area (Å²) in [6, 6.07) is 10.5. The average Bonchev–Trinajstić information content (AvgIpc) is 2.76. The quantitative estimate of drug-likeness (QED) is 0.712. The molecule has 30 heavy (non-hydrogen) atoms. The molecule has 2 aromatic carbocycles. The van der Waals surface area contributed by atoms with Gasteiger partial charge >= 0.3 is 0 Å². The van der Waals surface area contributed by atoms with E-state index in [0.717, 1.165) is 37.2 Å². The predicted octanol–water partition coefficient (Wildman–Crippen LogP) is 2.55. The highest BCUT2D eigenvalue weighted by Crippen LogP contribution is 2.45. The normalized spacial score (nSPS) is 23.5. The second-order valence-corrected chi connectivity index (χ2v) is 8.45. The summed E-state index contributed by atoms with van der Waals surface area (Å²) < 4.78 is 17.5. The molecule has 0 amide bonds. The number of hydrogen-bond donors (Lipinski definition) is 3. The number of hydrogen-bond acceptors (Lipinski definition) is 7. The molecule has 0 radical (unpaired) electrons. The zero-order chi connectivity index (χ0) is 20.7. The van der Waals surface area contributed by atoms with Crippen molar-refractivity contribution in [2.24, 2.45) is 0 Å². The lowest BCUT2D eigenvalue weighted by molar-refractivity contribution is -0.0588. The number of phenols is 1. The van der Waals surface area contributed by atoms with Gasteiger partial charge in [0.15, 0.2) is 11.5 Å².